The first-order valence-corrected chi connectivity index (χ1v) is 6.27. The van der Waals surface area contributed by atoms with E-state index in [-0.39, 0.29) is 0 Å². The Morgan fingerprint density at radius 3 is 2.50 bits per heavy atom. The minimum atomic E-state index is 0.843. The number of rotatable bonds is 1. The zero-order valence-corrected chi connectivity index (χ0v) is 10.5. The monoisotopic (exact) mass is 234 g/mol. The minimum absolute atomic E-state index is 0.843. The lowest BCUT2D eigenvalue weighted by Gasteiger charge is -2.32. The van der Waals surface area contributed by atoms with Crippen molar-refractivity contribution in [3.63, 3.8) is 0 Å². The molecule has 0 bridgehead atoms. The van der Waals surface area contributed by atoms with Gasteiger partial charge in [0, 0.05) is 18.8 Å². The molecule has 0 aromatic heterocycles. The molecule has 1 N–H and O–H groups in total. The molecule has 0 spiro atoms. The summed E-state index contributed by atoms with van der Waals surface area (Å²) in [7, 11) is 0. The minimum Gasteiger partial charge on any atom is -0.349 e. The van der Waals surface area contributed by atoms with Gasteiger partial charge in [-0.05, 0) is 43.1 Å². The van der Waals surface area contributed by atoms with Crippen LogP contribution in [0, 0.1) is 5.92 Å². The Balaban J connectivity index is 1.89. The highest BCUT2D eigenvalue weighted by Gasteiger charge is 2.17. The summed E-state index contributed by atoms with van der Waals surface area (Å²) in [6, 6.07) is 10.1. The zero-order valence-electron chi connectivity index (χ0n) is 9.65. The number of thiocarbonyl (C=S) groups is 1. The van der Waals surface area contributed by atoms with E-state index in [2.05, 4.69) is 17.1 Å². The standard InChI is InChI=1S/C13H18N2S/c1-11-7-9-15(10-8-11)13(16)14-12-5-3-2-4-6-12/h2-6,11H,7-10H2,1H3,(H,14,16). The molecule has 0 atom stereocenters. The number of nitrogens with zero attached hydrogens (tertiary/aromatic N) is 1. The van der Waals surface area contributed by atoms with Crippen molar-refractivity contribution in [1.29, 1.82) is 0 Å². The number of para-hydroxylation sites is 1. The van der Waals surface area contributed by atoms with Crippen LogP contribution < -0.4 is 5.32 Å². The summed E-state index contributed by atoms with van der Waals surface area (Å²) in [5, 5.41) is 4.14. The first-order valence-electron chi connectivity index (χ1n) is 5.86. The molecule has 1 aliphatic rings. The molecule has 2 nitrogen and oxygen atoms in total. The topological polar surface area (TPSA) is 15.3 Å². The molecule has 1 aliphatic heterocycles. The Labute approximate surface area is 103 Å². The molecule has 1 saturated heterocycles. The predicted molar refractivity (Wildman–Crippen MR) is 72.6 cm³/mol. The summed E-state index contributed by atoms with van der Waals surface area (Å²) in [4.78, 5) is 2.27. The van der Waals surface area contributed by atoms with Gasteiger partial charge in [0.2, 0.25) is 0 Å². The second-order valence-electron chi connectivity index (χ2n) is 4.47. The van der Waals surface area contributed by atoms with Crippen LogP contribution in [0.25, 0.3) is 0 Å². The molecule has 0 unspecified atom stereocenters. The van der Waals surface area contributed by atoms with Gasteiger partial charge in [-0.15, -0.1) is 0 Å². The second kappa shape index (κ2) is 5.30. The van der Waals surface area contributed by atoms with Gasteiger partial charge in [-0.1, -0.05) is 25.1 Å². The van der Waals surface area contributed by atoms with Gasteiger partial charge in [-0.3, -0.25) is 0 Å². The van der Waals surface area contributed by atoms with Crippen molar-refractivity contribution >= 4 is 23.0 Å². The molecular weight excluding hydrogens is 216 g/mol. The van der Waals surface area contributed by atoms with Gasteiger partial charge in [0.1, 0.15) is 0 Å². The number of likely N-dealkylation sites (tertiary alicyclic amines) is 1. The Morgan fingerprint density at radius 1 is 1.25 bits per heavy atom. The predicted octanol–water partition coefficient (Wildman–Crippen LogP) is 3.12. The lowest BCUT2D eigenvalue weighted by molar-refractivity contribution is 0.283. The summed E-state index contributed by atoms with van der Waals surface area (Å²) in [5.41, 5.74) is 1.08. The van der Waals surface area contributed by atoms with E-state index in [0.29, 0.717) is 0 Å². The summed E-state index contributed by atoms with van der Waals surface area (Å²) < 4.78 is 0. The van der Waals surface area contributed by atoms with Crippen LogP contribution in [0.15, 0.2) is 30.3 Å². The SMILES string of the molecule is CC1CCN(C(=S)Nc2ccccc2)CC1. The highest BCUT2D eigenvalue weighted by atomic mass is 32.1. The molecule has 1 aromatic rings. The van der Waals surface area contributed by atoms with Crippen molar-refractivity contribution < 1.29 is 0 Å². The Hall–Kier alpha value is -1.09. The van der Waals surface area contributed by atoms with Gasteiger partial charge in [0.15, 0.2) is 5.11 Å². The molecular formula is C13H18N2S. The van der Waals surface area contributed by atoms with Gasteiger partial charge in [0.25, 0.3) is 0 Å². The van der Waals surface area contributed by atoms with Crippen molar-refractivity contribution in [2.24, 2.45) is 5.92 Å². The fourth-order valence-corrected chi connectivity index (χ4v) is 2.24. The van der Waals surface area contributed by atoms with Crippen LogP contribution in [-0.4, -0.2) is 23.1 Å². The lowest BCUT2D eigenvalue weighted by Crippen LogP contribution is -2.40. The third-order valence-electron chi connectivity index (χ3n) is 3.10. The summed E-state index contributed by atoms with van der Waals surface area (Å²) >= 11 is 5.41. The average molecular weight is 234 g/mol. The van der Waals surface area contributed by atoms with Gasteiger partial charge in [-0.25, -0.2) is 0 Å². The molecule has 0 saturated carbocycles. The van der Waals surface area contributed by atoms with Gasteiger partial charge in [0.05, 0.1) is 0 Å². The molecule has 1 fully saturated rings. The number of piperidine rings is 1. The smallest absolute Gasteiger partial charge is 0.173 e. The maximum atomic E-state index is 5.41. The Morgan fingerprint density at radius 2 is 1.88 bits per heavy atom. The number of anilines is 1. The first kappa shape index (κ1) is 11.4. The number of hydrogen-bond donors (Lipinski definition) is 1. The van der Waals surface area contributed by atoms with E-state index in [9.17, 15) is 0 Å². The maximum absolute atomic E-state index is 5.41. The first-order chi connectivity index (χ1) is 7.75. The number of nitrogens with one attached hydrogen (secondary N) is 1. The molecule has 16 heavy (non-hydrogen) atoms. The van der Waals surface area contributed by atoms with E-state index in [1.807, 2.05) is 30.3 Å². The number of benzene rings is 1. The van der Waals surface area contributed by atoms with E-state index in [1.54, 1.807) is 0 Å². The van der Waals surface area contributed by atoms with Crippen LogP contribution in [0.4, 0.5) is 5.69 Å². The fraction of sp³-hybridized carbons (Fsp3) is 0.462. The van der Waals surface area contributed by atoms with Crippen molar-refractivity contribution in [2.45, 2.75) is 19.8 Å². The van der Waals surface area contributed by atoms with E-state index >= 15 is 0 Å². The maximum Gasteiger partial charge on any atom is 0.173 e. The molecule has 1 aromatic carbocycles. The van der Waals surface area contributed by atoms with Crippen LogP contribution in [0.5, 0.6) is 0 Å². The molecule has 86 valence electrons. The Kier molecular flexibility index (Phi) is 3.78. The van der Waals surface area contributed by atoms with Crippen molar-refractivity contribution in [3.05, 3.63) is 30.3 Å². The largest absolute Gasteiger partial charge is 0.349 e. The zero-order chi connectivity index (χ0) is 11.4. The van der Waals surface area contributed by atoms with Crippen LogP contribution in [-0.2, 0) is 0 Å². The van der Waals surface area contributed by atoms with E-state index < -0.39 is 0 Å². The van der Waals surface area contributed by atoms with Crippen molar-refractivity contribution in [2.75, 3.05) is 18.4 Å². The van der Waals surface area contributed by atoms with Crippen LogP contribution >= 0.6 is 12.2 Å². The van der Waals surface area contributed by atoms with Crippen LogP contribution in [0.2, 0.25) is 0 Å². The van der Waals surface area contributed by atoms with E-state index in [4.69, 9.17) is 12.2 Å². The normalized spacial score (nSPS) is 17.2. The molecule has 0 aliphatic carbocycles. The Bertz CT molecular complexity index is 342. The molecule has 0 amide bonds. The van der Waals surface area contributed by atoms with Gasteiger partial charge in [-0.2, -0.15) is 0 Å². The lowest BCUT2D eigenvalue weighted by atomic mass is 10.00. The molecule has 1 heterocycles. The van der Waals surface area contributed by atoms with E-state index in [0.717, 1.165) is 29.8 Å². The van der Waals surface area contributed by atoms with Crippen molar-refractivity contribution in [3.8, 4) is 0 Å². The quantitative estimate of drug-likeness (QED) is 0.752. The number of hydrogen-bond acceptors (Lipinski definition) is 1. The van der Waals surface area contributed by atoms with E-state index in [1.165, 1.54) is 12.8 Å². The summed E-state index contributed by atoms with van der Waals surface area (Å²) in [6.45, 7) is 4.48. The average Bonchev–Trinajstić information content (AvgIpc) is 2.31. The summed E-state index contributed by atoms with van der Waals surface area (Å²) in [6.07, 6.45) is 2.49. The second-order valence-corrected chi connectivity index (χ2v) is 4.85. The van der Waals surface area contributed by atoms with Crippen LogP contribution in [0.1, 0.15) is 19.8 Å². The highest BCUT2D eigenvalue weighted by Crippen LogP contribution is 2.17. The molecule has 3 heteroatoms. The third-order valence-corrected chi connectivity index (χ3v) is 3.46. The fourth-order valence-electron chi connectivity index (χ4n) is 1.94. The van der Waals surface area contributed by atoms with Gasteiger partial charge < -0.3 is 10.2 Å². The van der Waals surface area contributed by atoms with Crippen LogP contribution in [0.3, 0.4) is 0 Å². The highest BCUT2D eigenvalue weighted by molar-refractivity contribution is 7.80. The van der Waals surface area contributed by atoms with Gasteiger partial charge >= 0.3 is 0 Å². The third kappa shape index (κ3) is 2.95. The summed E-state index contributed by atoms with van der Waals surface area (Å²) in [5.74, 6) is 0.843. The molecule has 0 radical (unpaired) electrons. The molecule has 2 rings (SSSR count). The van der Waals surface area contributed by atoms with Crippen molar-refractivity contribution in [1.82, 2.24) is 4.90 Å².